The topological polar surface area (TPSA) is 0 Å². The Hall–Kier alpha value is -1.04. The van der Waals surface area contributed by atoms with Gasteiger partial charge in [0.1, 0.15) is 0 Å². The first-order valence-corrected chi connectivity index (χ1v) is 4.73. The van der Waals surface area contributed by atoms with Crippen molar-refractivity contribution in [3.05, 3.63) is 42.0 Å². The van der Waals surface area contributed by atoms with Crippen LogP contribution in [0.5, 0.6) is 0 Å². The van der Waals surface area contributed by atoms with Gasteiger partial charge in [0, 0.05) is 0 Å². The number of rotatable bonds is 2. The Balaban J connectivity index is 2.84. The van der Waals surface area contributed by atoms with Crippen molar-refractivity contribution >= 4 is 6.08 Å². The van der Waals surface area contributed by atoms with Gasteiger partial charge < -0.3 is 0 Å². The van der Waals surface area contributed by atoms with Gasteiger partial charge in [-0.3, -0.25) is 0 Å². The molecule has 0 atom stereocenters. The highest BCUT2D eigenvalue weighted by atomic mass is 14.2. The standard InChI is InChI=1S/C13H18/c1-5-11-7-6-8-12(9-11)10-13(2,3)4/h5-9H,1,10H2,2-4H3. The summed E-state index contributed by atoms with van der Waals surface area (Å²) in [5, 5.41) is 0. The highest BCUT2D eigenvalue weighted by Gasteiger charge is 2.10. The second-order valence-corrected chi connectivity index (χ2v) is 4.69. The molecule has 0 nitrogen and oxygen atoms in total. The molecule has 0 saturated heterocycles. The zero-order valence-electron chi connectivity index (χ0n) is 8.80. The summed E-state index contributed by atoms with van der Waals surface area (Å²) in [7, 11) is 0. The molecule has 0 N–H and O–H groups in total. The SMILES string of the molecule is C=Cc1cccc(CC(C)(C)C)c1. The summed E-state index contributed by atoms with van der Waals surface area (Å²) in [6.07, 6.45) is 3.01. The minimum Gasteiger partial charge on any atom is -0.0985 e. The van der Waals surface area contributed by atoms with Crippen LogP contribution < -0.4 is 0 Å². The van der Waals surface area contributed by atoms with Crippen LogP contribution in [0.4, 0.5) is 0 Å². The fraction of sp³-hybridized carbons (Fsp3) is 0.385. The van der Waals surface area contributed by atoms with Crippen LogP contribution in [0.1, 0.15) is 31.9 Å². The van der Waals surface area contributed by atoms with Crippen LogP contribution in [0.2, 0.25) is 0 Å². The Morgan fingerprint density at radius 1 is 1.31 bits per heavy atom. The first-order valence-electron chi connectivity index (χ1n) is 4.73. The summed E-state index contributed by atoms with van der Waals surface area (Å²) < 4.78 is 0. The van der Waals surface area contributed by atoms with Gasteiger partial charge in [-0.15, -0.1) is 0 Å². The Morgan fingerprint density at radius 2 is 2.00 bits per heavy atom. The van der Waals surface area contributed by atoms with Gasteiger partial charge in [0.15, 0.2) is 0 Å². The zero-order chi connectivity index (χ0) is 9.90. The normalized spacial score (nSPS) is 11.3. The van der Waals surface area contributed by atoms with Crippen LogP contribution in [-0.2, 0) is 6.42 Å². The molecule has 0 heteroatoms. The summed E-state index contributed by atoms with van der Waals surface area (Å²) in [4.78, 5) is 0. The molecule has 0 radical (unpaired) electrons. The van der Waals surface area contributed by atoms with Crippen LogP contribution in [0.3, 0.4) is 0 Å². The van der Waals surface area contributed by atoms with Crippen LogP contribution in [-0.4, -0.2) is 0 Å². The molecule has 1 aromatic carbocycles. The molecule has 0 bridgehead atoms. The molecule has 0 fully saturated rings. The second-order valence-electron chi connectivity index (χ2n) is 4.69. The highest BCUT2D eigenvalue weighted by Crippen LogP contribution is 2.21. The molecule has 0 aliphatic carbocycles. The molecular formula is C13H18. The van der Waals surface area contributed by atoms with Gasteiger partial charge in [0.25, 0.3) is 0 Å². The maximum Gasteiger partial charge on any atom is -0.0230 e. The predicted octanol–water partition coefficient (Wildman–Crippen LogP) is 3.92. The van der Waals surface area contributed by atoms with Crippen molar-refractivity contribution in [1.82, 2.24) is 0 Å². The van der Waals surface area contributed by atoms with Crippen LogP contribution in [0.15, 0.2) is 30.8 Å². The van der Waals surface area contributed by atoms with E-state index in [0.29, 0.717) is 5.41 Å². The number of hydrogen-bond acceptors (Lipinski definition) is 0. The first-order chi connectivity index (χ1) is 6.01. The minimum atomic E-state index is 0.361. The Morgan fingerprint density at radius 3 is 2.54 bits per heavy atom. The number of benzene rings is 1. The van der Waals surface area contributed by atoms with E-state index in [0.717, 1.165) is 6.42 Å². The van der Waals surface area contributed by atoms with E-state index in [4.69, 9.17) is 0 Å². The monoisotopic (exact) mass is 174 g/mol. The van der Waals surface area contributed by atoms with Gasteiger partial charge >= 0.3 is 0 Å². The van der Waals surface area contributed by atoms with Gasteiger partial charge in [0.2, 0.25) is 0 Å². The Bertz CT molecular complexity index is 289. The molecule has 1 aromatic rings. The van der Waals surface area contributed by atoms with Gasteiger partial charge in [-0.1, -0.05) is 57.7 Å². The van der Waals surface area contributed by atoms with Crippen LogP contribution >= 0.6 is 0 Å². The van der Waals surface area contributed by atoms with E-state index < -0.39 is 0 Å². The van der Waals surface area contributed by atoms with E-state index in [1.54, 1.807) is 0 Å². The van der Waals surface area contributed by atoms with Gasteiger partial charge in [0.05, 0.1) is 0 Å². The third kappa shape index (κ3) is 3.45. The third-order valence-corrected chi connectivity index (χ3v) is 1.92. The predicted molar refractivity (Wildman–Crippen MR) is 59.7 cm³/mol. The average Bonchev–Trinajstić information content (AvgIpc) is 2.01. The van der Waals surface area contributed by atoms with Crippen LogP contribution in [0.25, 0.3) is 6.08 Å². The van der Waals surface area contributed by atoms with E-state index >= 15 is 0 Å². The van der Waals surface area contributed by atoms with Crippen molar-refractivity contribution in [3.63, 3.8) is 0 Å². The quantitative estimate of drug-likeness (QED) is 0.637. The molecule has 0 saturated carbocycles. The van der Waals surface area contributed by atoms with Crippen LogP contribution in [0, 0.1) is 5.41 Å². The molecule has 0 amide bonds. The molecule has 0 heterocycles. The first kappa shape index (κ1) is 10.0. The summed E-state index contributed by atoms with van der Waals surface area (Å²) in [6.45, 7) is 10.5. The summed E-state index contributed by atoms with van der Waals surface area (Å²) in [5.41, 5.74) is 2.96. The van der Waals surface area contributed by atoms with E-state index in [1.165, 1.54) is 11.1 Å². The molecule has 70 valence electrons. The van der Waals surface area contributed by atoms with Gasteiger partial charge in [-0.2, -0.15) is 0 Å². The van der Waals surface area contributed by atoms with Crippen molar-refractivity contribution in [2.24, 2.45) is 5.41 Å². The molecule has 0 unspecified atom stereocenters. The Labute approximate surface area is 81.3 Å². The maximum absolute atomic E-state index is 3.77. The van der Waals surface area contributed by atoms with Gasteiger partial charge in [-0.05, 0) is 23.0 Å². The van der Waals surface area contributed by atoms with Crippen molar-refractivity contribution < 1.29 is 0 Å². The molecule has 0 aromatic heterocycles. The lowest BCUT2D eigenvalue weighted by Crippen LogP contribution is -2.08. The van der Waals surface area contributed by atoms with E-state index in [1.807, 2.05) is 6.08 Å². The van der Waals surface area contributed by atoms with Gasteiger partial charge in [-0.25, -0.2) is 0 Å². The second kappa shape index (κ2) is 3.78. The highest BCUT2D eigenvalue weighted by molar-refractivity contribution is 5.47. The maximum atomic E-state index is 3.77. The summed E-state index contributed by atoms with van der Waals surface area (Å²) in [5.74, 6) is 0. The van der Waals surface area contributed by atoms with E-state index in [2.05, 4.69) is 51.6 Å². The molecule has 0 aliphatic heterocycles. The molecule has 13 heavy (non-hydrogen) atoms. The van der Waals surface area contributed by atoms with Crippen molar-refractivity contribution in [2.45, 2.75) is 27.2 Å². The lowest BCUT2D eigenvalue weighted by molar-refractivity contribution is 0.411. The van der Waals surface area contributed by atoms with Crippen molar-refractivity contribution in [2.75, 3.05) is 0 Å². The molecular weight excluding hydrogens is 156 g/mol. The smallest absolute Gasteiger partial charge is 0.0230 e. The van der Waals surface area contributed by atoms with E-state index in [-0.39, 0.29) is 0 Å². The fourth-order valence-electron chi connectivity index (χ4n) is 1.44. The van der Waals surface area contributed by atoms with Crippen molar-refractivity contribution in [3.8, 4) is 0 Å². The Kier molecular flexibility index (Phi) is 2.92. The molecule has 1 rings (SSSR count). The largest absolute Gasteiger partial charge is 0.0985 e. The average molecular weight is 174 g/mol. The lowest BCUT2D eigenvalue weighted by atomic mass is 9.88. The lowest BCUT2D eigenvalue weighted by Gasteiger charge is -2.18. The summed E-state index contributed by atoms with van der Waals surface area (Å²) in [6, 6.07) is 8.56. The zero-order valence-corrected chi connectivity index (χ0v) is 8.80. The minimum absolute atomic E-state index is 0.361. The third-order valence-electron chi connectivity index (χ3n) is 1.92. The molecule has 0 spiro atoms. The molecule has 0 aliphatic rings. The number of hydrogen-bond donors (Lipinski definition) is 0. The van der Waals surface area contributed by atoms with Crippen molar-refractivity contribution in [1.29, 1.82) is 0 Å². The summed E-state index contributed by atoms with van der Waals surface area (Å²) >= 11 is 0. The van der Waals surface area contributed by atoms with E-state index in [9.17, 15) is 0 Å². The fourth-order valence-corrected chi connectivity index (χ4v) is 1.44.